The lowest BCUT2D eigenvalue weighted by atomic mass is 10.2. The highest BCUT2D eigenvalue weighted by molar-refractivity contribution is 5.46. The fourth-order valence-corrected chi connectivity index (χ4v) is 2.17. The zero-order valence-corrected chi connectivity index (χ0v) is 12.9. The van der Waals surface area contributed by atoms with Crippen LogP contribution < -0.4 is 14.8 Å². The van der Waals surface area contributed by atoms with E-state index >= 15 is 0 Å². The maximum absolute atomic E-state index is 5.97. The molecule has 2 aromatic rings. The van der Waals surface area contributed by atoms with Crippen LogP contribution in [-0.2, 0) is 20.0 Å². The summed E-state index contributed by atoms with van der Waals surface area (Å²) in [6.45, 7) is 4.35. The molecule has 0 radical (unpaired) electrons. The first kappa shape index (κ1) is 15.4. The highest BCUT2D eigenvalue weighted by Gasteiger charge is 2.10. The number of nitrogens with zero attached hydrogens (tertiary/aromatic N) is 2. The van der Waals surface area contributed by atoms with Crippen molar-refractivity contribution < 1.29 is 9.47 Å². The van der Waals surface area contributed by atoms with E-state index in [1.165, 1.54) is 0 Å². The SMILES string of the molecule is CCNCc1cccc(OC)c1OCCc1nccn1C. The summed E-state index contributed by atoms with van der Waals surface area (Å²) < 4.78 is 13.4. The Bertz CT molecular complexity index is 566. The Labute approximate surface area is 125 Å². The molecule has 0 aliphatic heterocycles. The van der Waals surface area contributed by atoms with Crippen molar-refractivity contribution in [2.24, 2.45) is 7.05 Å². The first-order valence-electron chi connectivity index (χ1n) is 7.21. The normalized spacial score (nSPS) is 10.6. The summed E-state index contributed by atoms with van der Waals surface area (Å²) in [4.78, 5) is 4.30. The lowest BCUT2D eigenvalue weighted by Gasteiger charge is -2.15. The van der Waals surface area contributed by atoms with E-state index in [9.17, 15) is 0 Å². The second-order valence-electron chi connectivity index (χ2n) is 4.78. The molecule has 0 unspecified atom stereocenters. The Kier molecular flexibility index (Phi) is 5.63. The number of benzene rings is 1. The van der Waals surface area contributed by atoms with E-state index in [0.29, 0.717) is 6.61 Å². The van der Waals surface area contributed by atoms with Crippen LogP contribution >= 0.6 is 0 Å². The molecule has 5 nitrogen and oxygen atoms in total. The minimum atomic E-state index is 0.574. The standard InChI is InChI=1S/C16H23N3O2/c1-4-17-12-13-6-5-7-14(20-3)16(13)21-11-8-15-18-9-10-19(15)2/h5-7,9-10,17H,4,8,11-12H2,1-3H3. The molecule has 0 saturated carbocycles. The van der Waals surface area contributed by atoms with Gasteiger partial charge >= 0.3 is 0 Å². The number of methoxy groups -OCH3 is 1. The second kappa shape index (κ2) is 7.69. The van der Waals surface area contributed by atoms with Gasteiger partial charge in [-0.15, -0.1) is 0 Å². The van der Waals surface area contributed by atoms with Crippen LogP contribution in [0.15, 0.2) is 30.6 Å². The lowest BCUT2D eigenvalue weighted by Crippen LogP contribution is -2.14. The van der Waals surface area contributed by atoms with Crippen molar-refractivity contribution in [3.63, 3.8) is 0 Å². The minimum Gasteiger partial charge on any atom is -0.493 e. The van der Waals surface area contributed by atoms with E-state index in [0.717, 1.165) is 42.4 Å². The van der Waals surface area contributed by atoms with Crippen molar-refractivity contribution in [1.29, 1.82) is 0 Å². The molecule has 0 atom stereocenters. The molecule has 2 rings (SSSR count). The van der Waals surface area contributed by atoms with Crippen molar-refractivity contribution in [3.05, 3.63) is 42.0 Å². The molecule has 1 heterocycles. The average molecular weight is 289 g/mol. The van der Waals surface area contributed by atoms with Crippen molar-refractivity contribution >= 4 is 0 Å². The number of nitrogens with one attached hydrogen (secondary N) is 1. The minimum absolute atomic E-state index is 0.574. The van der Waals surface area contributed by atoms with Crippen LogP contribution in [0.5, 0.6) is 11.5 Å². The number of imidazole rings is 1. The fraction of sp³-hybridized carbons (Fsp3) is 0.438. The van der Waals surface area contributed by atoms with E-state index in [1.54, 1.807) is 13.3 Å². The smallest absolute Gasteiger partial charge is 0.165 e. The molecule has 5 heteroatoms. The predicted molar refractivity (Wildman–Crippen MR) is 82.8 cm³/mol. The summed E-state index contributed by atoms with van der Waals surface area (Å²) in [6, 6.07) is 5.96. The van der Waals surface area contributed by atoms with E-state index < -0.39 is 0 Å². The van der Waals surface area contributed by atoms with Gasteiger partial charge in [0.25, 0.3) is 0 Å². The molecule has 0 saturated heterocycles. The zero-order chi connectivity index (χ0) is 15.1. The molecule has 1 aromatic heterocycles. The molecular weight excluding hydrogens is 266 g/mol. The largest absolute Gasteiger partial charge is 0.493 e. The predicted octanol–water partition coefficient (Wildman–Crippen LogP) is 2.16. The van der Waals surface area contributed by atoms with Crippen LogP contribution in [0.2, 0.25) is 0 Å². The monoisotopic (exact) mass is 289 g/mol. The van der Waals surface area contributed by atoms with Gasteiger partial charge in [-0.3, -0.25) is 0 Å². The lowest BCUT2D eigenvalue weighted by molar-refractivity contribution is 0.291. The molecule has 0 spiro atoms. The number of aryl methyl sites for hydroxylation is 1. The van der Waals surface area contributed by atoms with E-state index in [4.69, 9.17) is 9.47 Å². The number of para-hydroxylation sites is 1. The molecule has 0 bridgehead atoms. The van der Waals surface area contributed by atoms with E-state index in [-0.39, 0.29) is 0 Å². The van der Waals surface area contributed by atoms with Crippen LogP contribution in [0.25, 0.3) is 0 Å². The van der Waals surface area contributed by atoms with Gasteiger partial charge in [-0.1, -0.05) is 19.1 Å². The van der Waals surface area contributed by atoms with Gasteiger partial charge < -0.3 is 19.4 Å². The van der Waals surface area contributed by atoms with Crippen molar-refractivity contribution in [1.82, 2.24) is 14.9 Å². The Morgan fingerprint density at radius 1 is 1.33 bits per heavy atom. The van der Waals surface area contributed by atoms with Gasteiger partial charge in [0.05, 0.1) is 13.7 Å². The molecule has 0 aliphatic rings. The number of ether oxygens (including phenoxy) is 2. The highest BCUT2D eigenvalue weighted by Crippen LogP contribution is 2.31. The Hall–Kier alpha value is -2.01. The average Bonchev–Trinajstić information content (AvgIpc) is 2.91. The molecule has 114 valence electrons. The maximum Gasteiger partial charge on any atom is 0.165 e. The van der Waals surface area contributed by atoms with E-state index in [1.807, 2.05) is 29.9 Å². The van der Waals surface area contributed by atoms with Crippen molar-refractivity contribution in [2.45, 2.75) is 19.9 Å². The number of rotatable bonds is 8. The molecule has 1 aromatic carbocycles. The summed E-state index contributed by atoms with van der Waals surface area (Å²) in [7, 11) is 3.65. The summed E-state index contributed by atoms with van der Waals surface area (Å²) in [6.07, 6.45) is 4.51. The molecular formula is C16H23N3O2. The van der Waals surface area contributed by atoms with Crippen molar-refractivity contribution in [3.8, 4) is 11.5 Å². The number of aromatic nitrogens is 2. The van der Waals surface area contributed by atoms with Gasteiger partial charge in [0.1, 0.15) is 5.82 Å². The van der Waals surface area contributed by atoms with Crippen LogP contribution in [0.1, 0.15) is 18.3 Å². The van der Waals surface area contributed by atoms with Crippen LogP contribution in [0.3, 0.4) is 0 Å². The van der Waals surface area contributed by atoms with Gasteiger partial charge in [0.15, 0.2) is 11.5 Å². The topological polar surface area (TPSA) is 48.3 Å². The van der Waals surface area contributed by atoms with Gasteiger partial charge in [-0.25, -0.2) is 4.98 Å². The van der Waals surface area contributed by atoms with Crippen molar-refractivity contribution in [2.75, 3.05) is 20.3 Å². The Morgan fingerprint density at radius 2 is 2.19 bits per heavy atom. The van der Waals surface area contributed by atoms with Crippen LogP contribution in [-0.4, -0.2) is 29.8 Å². The molecule has 21 heavy (non-hydrogen) atoms. The van der Waals surface area contributed by atoms with Gasteiger partial charge in [-0.05, 0) is 12.6 Å². The highest BCUT2D eigenvalue weighted by atomic mass is 16.5. The molecule has 0 amide bonds. The first-order chi connectivity index (χ1) is 10.3. The molecule has 1 N–H and O–H groups in total. The van der Waals surface area contributed by atoms with Crippen LogP contribution in [0.4, 0.5) is 0 Å². The van der Waals surface area contributed by atoms with Crippen LogP contribution in [0, 0.1) is 0 Å². The Balaban J connectivity index is 2.04. The molecule has 0 fully saturated rings. The third-order valence-electron chi connectivity index (χ3n) is 3.34. The quantitative estimate of drug-likeness (QED) is 0.809. The first-order valence-corrected chi connectivity index (χ1v) is 7.21. The molecule has 0 aliphatic carbocycles. The Morgan fingerprint density at radius 3 is 2.86 bits per heavy atom. The summed E-state index contributed by atoms with van der Waals surface area (Å²) in [5.41, 5.74) is 1.11. The zero-order valence-electron chi connectivity index (χ0n) is 12.9. The fourth-order valence-electron chi connectivity index (χ4n) is 2.17. The third-order valence-corrected chi connectivity index (χ3v) is 3.34. The second-order valence-corrected chi connectivity index (χ2v) is 4.78. The van der Waals surface area contributed by atoms with Gasteiger partial charge in [0.2, 0.25) is 0 Å². The third kappa shape index (κ3) is 3.98. The van der Waals surface area contributed by atoms with E-state index in [2.05, 4.69) is 23.3 Å². The number of hydrogen-bond acceptors (Lipinski definition) is 4. The summed E-state index contributed by atoms with van der Waals surface area (Å²) in [5.74, 6) is 2.60. The van der Waals surface area contributed by atoms with Gasteiger partial charge in [0, 0.05) is 38.0 Å². The van der Waals surface area contributed by atoms with Gasteiger partial charge in [-0.2, -0.15) is 0 Å². The maximum atomic E-state index is 5.97. The summed E-state index contributed by atoms with van der Waals surface area (Å²) >= 11 is 0. The summed E-state index contributed by atoms with van der Waals surface area (Å²) in [5, 5.41) is 3.32. The number of hydrogen-bond donors (Lipinski definition) is 1.